The van der Waals surface area contributed by atoms with Crippen molar-refractivity contribution in [3.05, 3.63) is 12.7 Å². The maximum absolute atomic E-state index is 12.6. The van der Waals surface area contributed by atoms with Crippen LogP contribution in [0, 0.1) is 5.92 Å². The Balaban J connectivity index is 2.10. The molecule has 2 atom stereocenters. The van der Waals surface area contributed by atoms with Gasteiger partial charge in [0.1, 0.15) is 12.1 Å². The van der Waals surface area contributed by atoms with Gasteiger partial charge >= 0.3 is 0 Å². The second-order valence-electron chi connectivity index (χ2n) is 5.77. The molecule has 0 spiro atoms. The molecule has 2 heterocycles. The van der Waals surface area contributed by atoms with E-state index in [1.54, 1.807) is 16.7 Å². The van der Waals surface area contributed by atoms with Crippen LogP contribution < -0.4 is 0 Å². The summed E-state index contributed by atoms with van der Waals surface area (Å²) in [5.74, 6) is 2.21. The minimum absolute atomic E-state index is 0.149. The molecule has 0 aromatic rings. The second kappa shape index (κ2) is 6.66. The zero-order valence-corrected chi connectivity index (χ0v) is 13.2. The first-order chi connectivity index (χ1) is 9.57. The van der Waals surface area contributed by atoms with Crippen LogP contribution in [0.25, 0.3) is 0 Å². The average molecular weight is 296 g/mol. The molecule has 5 heteroatoms. The molecule has 0 bridgehead atoms. The highest BCUT2D eigenvalue weighted by Crippen LogP contribution is 2.29. The number of piperazine rings is 1. The lowest BCUT2D eigenvalue weighted by Crippen LogP contribution is -2.64. The lowest BCUT2D eigenvalue weighted by molar-refractivity contribution is -0.161. The first-order valence-electron chi connectivity index (χ1n) is 7.37. The Labute approximate surface area is 125 Å². The molecule has 2 saturated heterocycles. The fourth-order valence-corrected chi connectivity index (χ4v) is 3.80. The van der Waals surface area contributed by atoms with E-state index in [4.69, 9.17) is 0 Å². The Morgan fingerprint density at radius 2 is 2.15 bits per heavy atom. The summed E-state index contributed by atoms with van der Waals surface area (Å²) in [5.41, 5.74) is 0. The minimum atomic E-state index is -0.277. The van der Waals surface area contributed by atoms with E-state index in [9.17, 15) is 9.59 Å². The van der Waals surface area contributed by atoms with Crippen LogP contribution in [-0.2, 0) is 9.59 Å². The lowest BCUT2D eigenvalue weighted by Gasteiger charge is -2.44. The van der Waals surface area contributed by atoms with Crippen LogP contribution in [-0.4, -0.2) is 58.3 Å². The van der Waals surface area contributed by atoms with Crippen molar-refractivity contribution in [2.45, 2.75) is 38.8 Å². The quantitative estimate of drug-likeness (QED) is 0.554. The molecule has 2 fully saturated rings. The Morgan fingerprint density at radius 1 is 1.40 bits per heavy atom. The predicted molar refractivity (Wildman–Crippen MR) is 82.6 cm³/mol. The van der Waals surface area contributed by atoms with Gasteiger partial charge in [-0.25, -0.2) is 0 Å². The third kappa shape index (κ3) is 2.87. The van der Waals surface area contributed by atoms with Crippen molar-refractivity contribution in [1.29, 1.82) is 0 Å². The number of hydrogen-bond acceptors (Lipinski definition) is 3. The van der Waals surface area contributed by atoms with Crippen molar-refractivity contribution in [3.8, 4) is 0 Å². The van der Waals surface area contributed by atoms with Crippen molar-refractivity contribution >= 4 is 23.6 Å². The van der Waals surface area contributed by atoms with E-state index in [0.29, 0.717) is 6.54 Å². The molecule has 2 aliphatic heterocycles. The zero-order valence-electron chi connectivity index (χ0n) is 12.4. The number of carbonyl (C=O) groups is 2. The van der Waals surface area contributed by atoms with E-state index in [1.807, 2.05) is 24.8 Å². The molecular formula is C15H24N2O2S. The smallest absolute Gasteiger partial charge is 0.246 e. The van der Waals surface area contributed by atoms with Crippen molar-refractivity contribution in [2.24, 2.45) is 5.92 Å². The van der Waals surface area contributed by atoms with E-state index in [0.717, 1.165) is 30.9 Å². The molecule has 0 aromatic carbocycles. The number of carbonyl (C=O) groups excluding carboxylic acids is 2. The molecule has 2 unspecified atom stereocenters. The van der Waals surface area contributed by atoms with Gasteiger partial charge in [0.15, 0.2) is 0 Å². The molecule has 0 aliphatic carbocycles. The van der Waals surface area contributed by atoms with Crippen LogP contribution >= 0.6 is 11.8 Å². The summed E-state index contributed by atoms with van der Waals surface area (Å²) < 4.78 is 0. The monoisotopic (exact) mass is 296 g/mol. The van der Waals surface area contributed by atoms with Crippen LogP contribution in [0.4, 0.5) is 0 Å². The van der Waals surface area contributed by atoms with E-state index in [2.05, 4.69) is 6.58 Å². The maximum atomic E-state index is 12.6. The van der Waals surface area contributed by atoms with Gasteiger partial charge in [-0.15, -0.1) is 6.58 Å². The van der Waals surface area contributed by atoms with Gasteiger partial charge in [-0.05, 0) is 18.8 Å². The molecule has 0 N–H and O–H groups in total. The highest BCUT2D eigenvalue weighted by Gasteiger charge is 2.48. The van der Waals surface area contributed by atoms with Crippen LogP contribution in [0.3, 0.4) is 0 Å². The number of rotatable bonds is 6. The number of thioether (sulfide) groups is 1. The first kappa shape index (κ1) is 15.4. The SMILES string of the molecule is C=CCSCCN1C(=O)C2CCCN2C(=O)C1C(C)C. The van der Waals surface area contributed by atoms with Gasteiger partial charge < -0.3 is 9.80 Å². The van der Waals surface area contributed by atoms with Crippen molar-refractivity contribution < 1.29 is 9.59 Å². The number of fused-ring (bicyclic) bond motifs is 1. The maximum Gasteiger partial charge on any atom is 0.246 e. The van der Waals surface area contributed by atoms with E-state index in [-0.39, 0.29) is 29.8 Å². The largest absolute Gasteiger partial charge is 0.329 e. The van der Waals surface area contributed by atoms with Crippen LogP contribution in [0.5, 0.6) is 0 Å². The molecular weight excluding hydrogens is 272 g/mol. The third-order valence-electron chi connectivity index (χ3n) is 4.04. The molecule has 112 valence electrons. The summed E-state index contributed by atoms with van der Waals surface area (Å²) in [5, 5.41) is 0. The number of nitrogens with zero attached hydrogens (tertiary/aromatic N) is 2. The highest BCUT2D eigenvalue weighted by molar-refractivity contribution is 7.99. The van der Waals surface area contributed by atoms with Crippen molar-refractivity contribution in [1.82, 2.24) is 9.80 Å². The van der Waals surface area contributed by atoms with Crippen LogP contribution in [0.15, 0.2) is 12.7 Å². The Bertz CT molecular complexity index is 397. The second-order valence-corrected chi connectivity index (χ2v) is 6.92. The number of amides is 2. The zero-order chi connectivity index (χ0) is 14.7. The minimum Gasteiger partial charge on any atom is -0.329 e. The van der Waals surface area contributed by atoms with Gasteiger partial charge in [0, 0.05) is 24.6 Å². The highest BCUT2D eigenvalue weighted by atomic mass is 32.2. The summed E-state index contributed by atoms with van der Waals surface area (Å²) in [6, 6.07) is -0.469. The molecule has 0 saturated carbocycles. The molecule has 2 amide bonds. The molecule has 4 nitrogen and oxygen atoms in total. The summed E-state index contributed by atoms with van der Waals surface area (Å²) in [6.07, 6.45) is 3.64. The molecule has 2 aliphatic rings. The van der Waals surface area contributed by atoms with Gasteiger partial charge in [0.05, 0.1) is 0 Å². The summed E-state index contributed by atoms with van der Waals surface area (Å²) in [7, 11) is 0. The summed E-state index contributed by atoms with van der Waals surface area (Å²) in [6.45, 7) is 9.15. The van der Waals surface area contributed by atoms with Crippen LogP contribution in [0.1, 0.15) is 26.7 Å². The summed E-state index contributed by atoms with van der Waals surface area (Å²) in [4.78, 5) is 28.9. The predicted octanol–water partition coefficient (Wildman–Crippen LogP) is 1.76. The van der Waals surface area contributed by atoms with Crippen LogP contribution in [0.2, 0.25) is 0 Å². The molecule has 2 rings (SSSR count). The molecule has 0 aromatic heterocycles. The standard InChI is InChI=1S/C15H24N2O2S/c1-4-9-20-10-8-17-13(11(2)3)15(19)16-7-5-6-12(16)14(17)18/h4,11-13H,1,5-10H2,2-3H3. The average Bonchev–Trinajstić information content (AvgIpc) is 2.89. The van der Waals surface area contributed by atoms with Gasteiger partial charge in [-0.3, -0.25) is 9.59 Å². The van der Waals surface area contributed by atoms with Gasteiger partial charge in [0.25, 0.3) is 0 Å². The molecule has 0 radical (unpaired) electrons. The van der Waals surface area contributed by atoms with Crippen molar-refractivity contribution in [2.75, 3.05) is 24.6 Å². The topological polar surface area (TPSA) is 40.6 Å². The van der Waals surface area contributed by atoms with Crippen molar-refractivity contribution in [3.63, 3.8) is 0 Å². The summed E-state index contributed by atoms with van der Waals surface area (Å²) >= 11 is 1.75. The van der Waals surface area contributed by atoms with E-state index < -0.39 is 0 Å². The molecule has 20 heavy (non-hydrogen) atoms. The fraction of sp³-hybridized carbons (Fsp3) is 0.733. The Hall–Kier alpha value is -0.970. The third-order valence-corrected chi connectivity index (χ3v) is 4.98. The Morgan fingerprint density at radius 3 is 2.80 bits per heavy atom. The fourth-order valence-electron chi connectivity index (χ4n) is 3.14. The van der Waals surface area contributed by atoms with E-state index in [1.165, 1.54) is 0 Å². The first-order valence-corrected chi connectivity index (χ1v) is 8.53. The lowest BCUT2D eigenvalue weighted by atomic mass is 9.96. The van der Waals surface area contributed by atoms with Gasteiger partial charge in [0.2, 0.25) is 11.8 Å². The Kier molecular flexibility index (Phi) is 5.13. The number of hydrogen-bond donors (Lipinski definition) is 0. The normalized spacial score (nSPS) is 26.4. The van der Waals surface area contributed by atoms with Gasteiger partial charge in [-0.1, -0.05) is 19.9 Å². The van der Waals surface area contributed by atoms with Gasteiger partial charge in [-0.2, -0.15) is 11.8 Å². The van der Waals surface area contributed by atoms with E-state index >= 15 is 0 Å².